The van der Waals surface area contributed by atoms with Gasteiger partial charge in [0.15, 0.2) is 0 Å². The number of hydrogen-bond acceptors (Lipinski definition) is 3. The number of nitriles is 1. The zero-order chi connectivity index (χ0) is 12.5. The van der Waals surface area contributed by atoms with E-state index in [2.05, 4.69) is 28.9 Å². The molecule has 92 valence electrons. The number of rotatable bonds is 3. The molecule has 0 aromatic carbocycles. The van der Waals surface area contributed by atoms with Gasteiger partial charge < -0.3 is 9.52 Å². The molecular formula is C13H16BrNO2. The third-order valence-electron chi connectivity index (χ3n) is 3.87. The van der Waals surface area contributed by atoms with E-state index in [9.17, 15) is 10.4 Å². The molecule has 1 fully saturated rings. The van der Waals surface area contributed by atoms with Crippen LogP contribution in [0.2, 0.25) is 0 Å². The molecule has 3 atom stereocenters. The Kier molecular flexibility index (Phi) is 3.60. The van der Waals surface area contributed by atoms with E-state index in [1.54, 1.807) is 6.07 Å². The molecule has 0 bridgehead atoms. The summed E-state index contributed by atoms with van der Waals surface area (Å²) in [5, 5.41) is 19.8. The summed E-state index contributed by atoms with van der Waals surface area (Å²) in [4.78, 5) is 0. The van der Waals surface area contributed by atoms with Gasteiger partial charge in [-0.3, -0.25) is 0 Å². The molecule has 1 aliphatic carbocycles. The first-order valence-corrected chi connectivity index (χ1v) is 6.74. The van der Waals surface area contributed by atoms with Crippen molar-refractivity contribution in [1.29, 1.82) is 5.26 Å². The van der Waals surface area contributed by atoms with Crippen molar-refractivity contribution in [1.82, 2.24) is 0 Å². The molecule has 1 aromatic heterocycles. The van der Waals surface area contributed by atoms with Gasteiger partial charge in [0.25, 0.3) is 0 Å². The molecule has 1 heterocycles. The minimum absolute atomic E-state index is 0.475. The van der Waals surface area contributed by atoms with Crippen LogP contribution in [0.4, 0.5) is 0 Å². The zero-order valence-electron chi connectivity index (χ0n) is 9.82. The van der Waals surface area contributed by atoms with Gasteiger partial charge in [0.05, 0.1) is 22.2 Å². The van der Waals surface area contributed by atoms with Crippen molar-refractivity contribution in [3.8, 4) is 6.07 Å². The van der Waals surface area contributed by atoms with E-state index < -0.39 is 11.5 Å². The molecule has 0 spiro atoms. The third-order valence-corrected chi connectivity index (χ3v) is 4.52. The van der Waals surface area contributed by atoms with Crippen molar-refractivity contribution in [3.63, 3.8) is 0 Å². The molecule has 4 heteroatoms. The Balaban J connectivity index is 2.26. The number of aliphatic hydroxyl groups excluding tert-OH is 1. The zero-order valence-corrected chi connectivity index (χ0v) is 11.4. The van der Waals surface area contributed by atoms with Gasteiger partial charge in [-0.05, 0) is 47.2 Å². The molecule has 1 aromatic rings. The Hall–Kier alpha value is -0.790. The lowest BCUT2D eigenvalue weighted by Gasteiger charge is -2.26. The first kappa shape index (κ1) is 12.7. The van der Waals surface area contributed by atoms with Gasteiger partial charge in [-0.1, -0.05) is 13.3 Å². The first-order chi connectivity index (χ1) is 8.13. The normalized spacial score (nSPS) is 30.1. The highest BCUT2D eigenvalue weighted by Gasteiger charge is 2.47. The molecule has 0 amide bonds. The highest BCUT2D eigenvalue weighted by Crippen LogP contribution is 2.51. The fourth-order valence-electron chi connectivity index (χ4n) is 2.69. The molecule has 17 heavy (non-hydrogen) atoms. The van der Waals surface area contributed by atoms with Gasteiger partial charge in [-0.2, -0.15) is 5.26 Å². The highest BCUT2D eigenvalue weighted by molar-refractivity contribution is 9.10. The standard InChI is InChI=1S/C13H16BrNO2/c1-2-9-3-5-13(7-9,8-15)12(16)11-10(14)4-6-17-11/h4,6,9,12,16H,2-3,5,7H2,1H3. The molecule has 0 radical (unpaired) electrons. The van der Waals surface area contributed by atoms with E-state index in [1.165, 1.54) is 6.26 Å². The van der Waals surface area contributed by atoms with Gasteiger partial charge >= 0.3 is 0 Å². The average Bonchev–Trinajstić information content (AvgIpc) is 2.95. The number of furan rings is 1. The Morgan fingerprint density at radius 2 is 2.53 bits per heavy atom. The summed E-state index contributed by atoms with van der Waals surface area (Å²) < 4.78 is 6.02. The Bertz CT molecular complexity index is 437. The van der Waals surface area contributed by atoms with Crippen molar-refractivity contribution in [2.45, 2.75) is 38.7 Å². The second-order valence-corrected chi connectivity index (χ2v) is 5.67. The summed E-state index contributed by atoms with van der Waals surface area (Å²) in [6.45, 7) is 2.13. The molecule has 0 saturated heterocycles. The van der Waals surface area contributed by atoms with Crippen LogP contribution < -0.4 is 0 Å². The van der Waals surface area contributed by atoms with Gasteiger partial charge in [0.2, 0.25) is 0 Å². The SMILES string of the molecule is CCC1CCC(C#N)(C(O)c2occc2Br)C1. The van der Waals surface area contributed by atoms with Gasteiger partial charge in [-0.15, -0.1) is 0 Å². The maximum absolute atomic E-state index is 10.4. The minimum Gasteiger partial charge on any atom is -0.465 e. The summed E-state index contributed by atoms with van der Waals surface area (Å²) in [5.74, 6) is 1.02. The van der Waals surface area contributed by atoms with Crippen molar-refractivity contribution < 1.29 is 9.52 Å². The smallest absolute Gasteiger partial charge is 0.148 e. The van der Waals surface area contributed by atoms with Crippen molar-refractivity contribution >= 4 is 15.9 Å². The molecule has 3 unspecified atom stereocenters. The topological polar surface area (TPSA) is 57.2 Å². The van der Waals surface area contributed by atoms with E-state index in [-0.39, 0.29) is 0 Å². The van der Waals surface area contributed by atoms with E-state index in [1.807, 2.05) is 0 Å². The van der Waals surface area contributed by atoms with Crippen LogP contribution in [0.25, 0.3) is 0 Å². The maximum atomic E-state index is 10.4. The quantitative estimate of drug-likeness (QED) is 0.923. The molecule has 1 N–H and O–H groups in total. The Labute approximate surface area is 110 Å². The fraction of sp³-hybridized carbons (Fsp3) is 0.615. The van der Waals surface area contributed by atoms with Crippen LogP contribution in [-0.4, -0.2) is 5.11 Å². The Morgan fingerprint density at radius 3 is 3.00 bits per heavy atom. The molecular weight excluding hydrogens is 282 g/mol. The van der Waals surface area contributed by atoms with Gasteiger partial charge in [-0.25, -0.2) is 0 Å². The van der Waals surface area contributed by atoms with E-state index in [0.29, 0.717) is 11.7 Å². The average molecular weight is 298 g/mol. The molecule has 1 saturated carbocycles. The summed E-state index contributed by atoms with van der Waals surface area (Å²) in [7, 11) is 0. The number of nitrogens with zero attached hydrogens (tertiary/aromatic N) is 1. The van der Waals surface area contributed by atoms with Crippen molar-refractivity contribution in [2.24, 2.45) is 11.3 Å². The van der Waals surface area contributed by atoms with Gasteiger partial charge in [0.1, 0.15) is 11.9 Å². The maximum Gasteiger partial charge on any atom is 0.148 e. The summed E-state index contributed by atoms with van der Waals surface area (Å²) in [5.41, 5.74) is -0.680. The van der Waals surface area contributed by atoms with E-state index >= 15 is 0 Å². The molecule has 3 nitrogen and oxygen atoms in total. The number of halogens is 1. The lowest BCUT2D eigenvalue weighted by molar-refractivity contribution is 0.0443. The lowest BCUT2D eigenvalue weighted by Crippen LogP contribution is -2.24. The summed E-state index contributed by atoms with van der Waals surface area (Å²) >= 11 is 3.34. The second-order valence-electron chi connectivity index (χ2n) is 4.82. The molecule has 2 rings (SSSR count). The van der Waals surface area contributed by atoms with Crippen LogP contribution in [0.5, 0.6) is 0 Å². The van der Waals surface area contributed by atoms with Crippen LogP contribution in [-0.2, 0) is 0 Å². The van der Waals surface area contributed by atoms with Crippen molar-refractivity contribution in [2.75, 3.05) is 0 Å². The van der Waals surface area contributed by atoms with E-state index in [0.717, 1.165) is 30.2 Å². The van der Waals surface area contributed by atoms with Crippen LogP contribution in [0.15, 0.2) is 21.2 Å². The van der Waals surface area contributed by atoms with Gasteiger partial charge in [0, 0.05) is 0 Å². The summed E-state index contributed by atoms with van der Waals surface area (Å²) in [6.07, 6.45) is 4.27. The second kappa shape index (κ2) is 4.83. The van der Waals surface area contributed by atoms with Crippen LogP contribution in [0.3, 0.4) is 0 Å². The largest absolute Gasteiger partial charge is 0.465 e. The number of hydrogen-bond donors (Lipinski definition) is 1. The van der Waals surface area contributed by atoms with Crippen molar-refractivity contribution in [3.05, 3.63) is 22.6 Å². The molecule has 0 aliphatic heterocycles. The Morgan fingerprint density at radius 1 is 1.76 bits per heavy atom. The monoisotopic (exact) mass is 297 g/mol. The fourth-order valence-corrected chi connectivity index (χ4v) is 3.11. The highest BCUT2D eigenvalue weighted by atomic mass is 79.9. The first-order valence-electron chi connectivity index (χ1n) is 5.95. The summed E-state index contributed by atoms with van der Waals surface area (Å²) in [6, 6.07) is 4.07. The number of aliphatic hydroxyl groups is 1. The predicted octanol–water partition coefficient (Wildman–Crippen LogP) is 3.80. The third kappa shape index (κ3) is 2.14. The predicted molar refractivity (Wildman–Crippen MR) is 67.0 cm³/mol. The lowest BCUT2D eigenvalue weighted by atomic mass is 9.80. The minimum atomic E-state index is -0.839. The van der Waals surface area contributed by atoms with Crippen LogP contribution in [0, 0.1) is 22.7 Å². The van der Waals surface area contributed by atoms with E-state index in [4.69, 9.17) is 4.42 Å². The van der Waals surface area contributed by atoms with Crippen LogP contribution in [0.1, 0.15) is 44.5 Å². The van der Waals surface area contributed by atoms with Crippen LogP contribution >= 0.6 is 15.9 Å². The molecule has 1 aliphatic rings.